The Hall–Kier alpha value is -1.76. The lowest BCUT2D eigenvalue weighted by molar-refractivity contribution is 1.25. The number of hydrogen-bond acceptors (Lipinski definition) is 1. The van der Waals surface area contributed by atoms with E-state index < -0.39 is 0 Å². The number of hydrogen-bond donors (Lipinski definition) is 1. The normalized spacial score (nSPS) is 15.2. The van der Waals surface area contributed by atoms with Gasteiger partial charge >= 0.3 is 0 Å². The number of allylic oxidation sites excluding steroid dienone is 5. The van der Waals surface area contributed by atoms with E-state index in [-0.39, 0.29) is 0 Å². The van der Waals surface area contributed by atoms with E-state index in [1.807, 2.05) is 32.1 Å². The van der Waals surface area contributed by atoms with Gasteiger partial charge in [-0.25, -0.2) is 0 Å². The highest BCUT2D eigenvalue weighted by Crippen LogP contribution is 2.26. The van der Waals surface area contributed by atoms with Crippen LogP contribution in [-0.4, -0.2) is 0 Å². The maximum absolute atomic E-state index is 3.63. The monoisotopic (exact) mass is 213 g/mol. The summed E-state index contributed by atoms with van der Waals surface area (Å²) >= 11 is 0. The minimum atomic E-state index is 0.998. The molecule has 1 aliphatic heterocycles. The first-order valence-corrected chi connectivity index (χ1v) is 5.73. The minimum Gasteiger partial charge on any atom is -0.358 e. The van der Waals surface area contributed by atoms with Crippen LogP contribution >= 0.6 is 0 Å². The third-order valence-corrected chi connectivity index (χ3v) is 2.24. The molecule has 1 nitrogen and oxygen atoms in total. The summed E-state index contributed by atoms with van der Waals surface area (Å²) in [6, 6.07) is 8.38. The van der Waals surface area contributed by atoms with Crippen molar-refractivity contribution in [3.8, 4) is 0 Å². The van der Waals surface area contributed by atoms with E-state index in [9.17, 15) is 0 Å². The Morgan fingerprint density at radius 3 is 2.62 bits per heavy atom. The molecule has 0 saturated heterocycles. The van der Waals surface area contributed by atoms with Crippen molar-refractivity contribution in [3.63, 3.8) is 0 Å². The third kappa shape index (κ3) is 3.13. The van der Waals surface area contributed by atoms with Crippen molar-refractivity contribution in [1.82, 2.24) is 0 Å². The fourth-order valence-corrected chi connectivity index (χ4v) is 1.57. The Morgan fingerprint density at radius 2 is 1.94 bits per heavy atom. The predicted molar refractivity (Wildman–Crippen MR) is 72.5 cm³/mol. The zero-order valence-electron chi connectivity index (χ0n) is 10.0. The molecule has 0 saturated carbocycles. The quantitative estimate of drug-likeness (QED) is 0.722. The van der Waals surface area contributed by atoms with Crippen LogP contribution in [0.25, 0.3) is 0 Å². The maximum Gasteiger partial charge on any atom is 0.0418 e. The molecule has 84 valence electrons. The van der Waals surface area contributed by atoms with Crippen LogP contribution in [-0.2, 0) is 6.42 Å². The Labute approximate surface area is 98.2 Å². The van der Waals surface area contributed by atoms with E-state index in [1.165, 1.54) is 16.9 Å². The zero-order chi connectivity index (χ0) is 11.8. The summed E-state index contributed by atoms with van der Waals surface area (Å²) in [5.74, 6) is 0. The average molecular weight is 213 g/mol. The van der Waals surface area contributed by atoms with Gasteiger partial charge in [0.05, 0.1) is 0 Å². The van der Waals surface area contributed by atoms with Gasteiger partial charge in [0, 0.05) is 17.8 Å². The van der Waals surface area contributed by atoms with E-state index in [2.05, 4.69) is 36.2 Å². The molecule has 1 heteroatoms. The highest BCUT2D eigenvalue weighted by Gasteiger charge is 2.11. The predicted octanol–water partition coefficient (Wildman–Crippen LogP) is 4.31. The second-order valence-electron chi connectivity index (χ2n) is 3.27. The van der Waals surface area contributed by atoms with Gasteiger partial charge in [0.2, 0.25) is 0 Å². The summed E-state index contributed by atoms with van der Waals surface area (Å²) in [7, 11) is 0. The molecule has 1 heterocycles. The van der Waals surface area contributed by atoms with Gasteiger partial charge in [0.25, 0.3) is 0 Å². The van der Waals surface area contributed by atoms with Crippen molar-refractivity contribution in [2.75, 3.05) is 5.32 Å². The van der Waals surface area contributed by atoms with Gasteiger partial charge in [-0.2, -0.15) is 0 Å². The Kier molecular flexibility index (Phi) is 5.13. The summed E-state index contributed by atoms with van der Waals surface area (Å²) in [4.78, 5) is 0. The standard InChI is InChI=1S/C13H13N.C2H6/c1-2-3-4-8-12-10-11-7-5-6-9-13(11)14-12;1-2/h2-9,14H,1,10H2;1-2H3/b4-3-,12-8+;. The van der Waals surface area contributed by atoms with Crippen molar-refractivity contribution in [2.45, 2.75) is 20.3 Å². The maximum atomic E-state index is 3.63. The number of anilines is 1. The molecule has 1 aromatic carbocycles. The molecule has 0 radical (unpaired) electrons. The van der Waals surface area contributed by atoms with Crippen molar-refractivity contribution < 1.29 is 0 Å². The lowest BCUT2D eigenvalue weighted by Gasteiger charge is -1.96. The van der Waals surface area contributed by atoms with Crippen LogP contribution in [0.15, 0.2) is 60.8 Å². The Bertz CT molecular complexity index is 373. The topological polar surface area (TPSA) is 12.0 Å². The summed E-state index contributed by atoms with van der Waals surface area (Å²) in [6.45, 7) is 7.63. The van der Waals surface area contributed by atoms with Crippen molar-refractivity contribution >= 4 is 5.69 Å². The van der Waals surface area contributed by atoms with Gasteiger partial charge < -0.3 is 5.32 Å². The molecule has 0 bridgehead atoms. The molecule has 0 amide bonds. The molecule has 0 spiro atoms. The number of nitrogens with one attached hydrogen (secondary N) is 1. The first-order chi connectivity index (χ1) is 7.90. The fraction of sp³-hybridized carbons (Fsp3) is 0.200. The second-order valence-corrected chi connectivity index (χ2v) is 3.27. The van der Waals surface area contributed by atoms with E-state index in [0.29, 0.717) is 0 Å². The Morgan fingerprint density at radius 1 is 1.19 bits per heavy atom. The van der Waals surface area contributed by atoms with Gasteiger partial charge in [-0.1, -0.05) is 56.9 Å². The van der Waals surface area contributed by atoms with E-state index >= 15 is 0 Å². The smallest absolute Gasteiger partial charge is 0.0418 e. The minimum absolute atomic E-state index is 0.998. The highest BCUT2D eigenvalue weighted by molar-refractivity contribution is 5.62. The number of fused-ring (bicyclic) bond motifs is 1. The number of benzene rings is 1. The Balaban J connectivity index is 0.000000606. The van der Waals surface area contributed by atoms with E-state index in [4.69, 9.17) is 0 Å². The van der Waals surface area contributed by atoms with Crippen LogP contribution in [0.5, 0.6) is 0 Å². The molecule has 0 aromatic heterocycles. The van der Waals surface area contributed by atoms with Gasteiger partial charge in [-0.3, -0.25) is 0 Å². The SMILES string of the molecule is C=C/C=C\C=C1/Cc2ccccc2N1.CC. The van der Waals surface area contributed by atoms with Gasteiger partial charge in [0.15, 0.2) is 0 Å². The molecule has 16 heavy (non-hydrogen) atoms. The largest absolute Gasteiger partial charge is 0.358 e. The number of rotatable bonds is 2. The second kappa shape index (κ2) is 6.67. The van der Waals surface area contributed by atoms with E-state index in [0.717, 1.165) is 6.42 Å². The molecular weight excluding hydrogens is 194 g/mol. The average Bonchev–Trinajstić information content (AvgIpc) is 2.74. The molecule has 0 fully saturated rings. The zero-order valence-corrected chi connectivity index (χ0v) is 10.0. The molecule has 2 rings (SSSR count). The third-order valence-electron chi connectivity index (χ3n) is 2.24. The lowest BCUT2D eigenvalue weighted by Crippen LogP contribution is -1.89. The molecule has 1 aliphatic rings. The first-order valence-electron chi connectivity index (χ1n) is 5.73. The summed E-state index contributed by atoms with van der Waals surface area (Å²) in [5, 5.41) is 3.37. The fourth-order valence-electron chi connectivity index (χ4n) is 1.57. The van der Waals surface area contributed by atoms with Crippen molar-refractivity contribution in [3.05, 3.63) is 66.4 Å². The molecule has 0 atom stereocenters. The van der Waals surface area contributed by atoms with Crippen LogP contribution in [0.3, 0.4) is 0 Å². The first kappa shape index (κ1) is 12.3. The number of para-hydroxylation sites is 1. The van der Waals surface area contributed by atoms with Crippen LogP contribution in [0, 0.1) is 0 Å². The molecular formula is C15H19N. The summed E-state index contributed by atoms with van der Waals surface area (Å²) in [6.07, 6.45) is 8.79. The van der Waals surface area contributed by atoms with Crippen LogP contribution < -0.4 is 5.32 Å². The van der Waals surface area contributed by atoms with Crippen molar-refractivity contribution in [2.24, 2.45) is 0 Å². The van der Waals surface area contributed by atoms with Gasteiger partial charge in [0.1, 0.15) is 0 Å². The molecule has 0 aliphatic carbocycles. The van der Waals surface area contributed by atoms with Gasteiger partial charge in [-0.15, -0.1) is 0 Å². The summed E-state index contributed by atoms with van der Waals surface area (Å²) in [5.41, 5.74) is 3.83. The van der Waals surface area contributed by atoms with Crippen molar-refractivity contribution in [1.29, 1.82) is 0 Å². The lowest BCUT2D eigenvalue weighted by atomic mass is 10.1. The van der Waals surface area contributed by atoms with Crippen LogP contribution in [0.2, 0.25) is 0 Å². The molecule has 1 N–H and O–H groups in total. The summed E-state index contributed by atoms with van der Waals surface area (Å²) < 4.78 is 0. The van der Waals surface area contributed by atoms with Crippen LogP contribution in [0.4, 0.5) is 5.69 Å². The molecule has 1 aromatic rings. The van der Waals surface area contributed by atoms with Crippen LogP contribution in [0.1, 0.15) is 19.4 Å². The van der Waals surface area contributed by atoms with E-state index in [1.54, 1.807) is 6.08 Å². The highest BCUT2D eigenvalue weighted by atomic mass is 14.9. The van der Waals surface area contributed by atoms with Gasteiger partial charge in [-0.05, 0) is 17.7 Å². The molecule has 0 unspecified atom stereocenters.